The van der Waals surface area contributed by atoms with Gasteiger partial charge in [-0.3, -0.25) is 4.79 Å². The molecule has 2 N–H and O–H groups in total. The first-order valence-corrected chi connectivity index (χ1v) is 11.7. The third-order valence-corrected chi connectivity index (χ3v) is 8.00. The van der Waals surface area contributed by atoms with Crippen LogP contribution in [-0.4, -0.2) is 36.5 Å². The van der Waals surface area contributed by atoms with Crippen LogP contribution in [0.25, 0.3) is 0 Å². The standard InChI is InChI=1S/C25H37N3O2/c1-5-21(25-12-18-9-19(13-25)11-20(10-18)14-25)26-24(30)28(4)15-22(29)27-23-16(2)7-6-8-17(23)3/h6-8,18-21H,5,9-15H2,1-4H3,(H,26,30)(H,27,29)/t18?,19?,20?,21-,25?/m0/s1. The minimum absolute atomic E-state index is 0.0525. The lowest BCUT2D eigenvalue weighted by atomic mass is 9.47. The van der Waals surface area contributed by atoms with Crippen molar-refractivity contribution in [3.8, 4) is 0 Å². The number of nitrogens with one attached hydrogen (secondary N) is 2. The second kappa shape index (κ2) is 8.24. The minimum Gasteiger partial charge on any atom is -0.335 e. The number of likely N-dealkylation sites (N-methyl/N-ethyl adjacent to an activating group) is 1. The number of nitrogens with zero attached hydrogens (tertiary/aromatic N) is 1. The van der Waals surface area contributed by atoms with Crippen molar-refractivity contribution in [1.29, 1.82) is 0 Å². The van der Waals surface area contributed by atoms with E-state index in [1.54, 1.807) is 7.05 Å². The number of amides is 3. The molecule has 164 valence electrons. The molecule has 1 aromatic carbocycles. The van der Waals surface area contributed by atoms with E-state index in [1.807, 2.05) is 32.0 Å². The molecular weight excluding hydrogens is 374 g/mol. The minimum atomic E-state index is -0.159. The molecule has 1 atom stereocenters. The summed E-state index contributed by atoms with van der Waals surface area (Å²) in [5.41, 5.74) is 3.18. The summed E-state index contributed by atoms with van der Waals surface area (Å²) in [6.07, 6.45) is 8.99. The first-order chi connectivity index (χ1) is 14.3. The van der Waals surface area contributed by atoms with Crippen LogP contribution in [0.1, 0.15) is 63.0 Å². The van der Waals surface area contributed by atoms with E-state index in [4.69, 9.17) is 0 Å². The van der Waals surface area contributed by atoms with E-state index in [1.165, 1.54) is 43.4 Å². The molecule has 0 saturated heterocycles. The highest BCUT2D eigenvalue weighted by atomic mass is 16.2. The number of hydrogen-bond donors (Lipinski definition) is 2. The molecule has 5 heteroatoms. The smallest absolute Gasteiger partial charge is 0.317 e. The Morgan fingerprint density at radius 1 is 1.07 bits per heavy atom. The van der Waals surface area contributed by atoms with Gasteiger partial charge in [0.05, 0.1) is 0 Å². The van der Waals surface area contributed by atoms with Crippen molar-refractivity contribution >= 4 is 17.6 Å². The fourth-order valence-electron chi connectivity index (χ4n) is 7.03. The first-order valence-electron chi connectivity index (χ1n) is 11.7. The number of benzene rings is 1. The van der Waals surface area contributed by atoms with Crippen molar-refractivity contribution in [3.63, 3.8) is 0 Å². The molecule has 5 rings (SSSR count). The van der Waals surface area contributed by atoms with Gasteiger partial charge in [0.2, 0.25) is 5.91 Å². The SMILES string of the molecule is CC[C@H](NC(=O)N(C)CC(=O)Nc1c(C)cccc1C)C12CC3CC(CC(C3)C1)C2. The molecule has 30 heavy (non-hydrogen) atoms. The molecule has 4 aliphatic rings. The van der Waals surface area contributed by atoms with E-state index in [9.17, 15) is 9.59 Å². The zero-order chi connectivity index (χ0) is 21.5. The number of anilines is 1. The Hall–Kier alpha value is -2.04. The topological polar surface area (TPSA) is 61.4 Å². The van der Waals surface area contributed by atoms with Gasteiger partial charge >= 0.3 is 6.03 Å². The molecule has 4 aliphatic carbocycles. The summed E-state index contributed by atoms with van der Waals surface area (Å²) in [5.74, 6) is 2.43. The molecule has 4 fully saturated rings. The normalized spacial score (nSPS) is 30.1. The molecule has 0 unspecified atom stereocenters. The van der Waals surface area contributed by atoms with E-state index in [2.05, 4.69) is 17.6 Å². The Labute approximate surface area is 181 Å². The quantitative estimate of drug-likeness (QED) is 0.701. The van der Waals surface area contributed by atoms with E-state index in [0.29, 0.717) is 0 Å². The summed E-state index contributed by atoms with van der Waals surface area (Å²) in [6, 6.07) is 6.03. The highest BCUT2D eigenvalue weighted by molar-refractivity contribution is 5.95. The summed E-state index contributed by atoms with van der Waals surface area (Å²) in [6.45, 7) is 6.21. The van der Waals surface area contributed by atoms with Crippen LogP contribution in [0.4, 0.5) is 10.5 Å². The van der Waals surface area contributed by atoms with Crippen LogP contribution in [0, 0.1) is 37.0 Å². The predicted molar refractivity (Wildman–Crippen MR) is 120 cm³/mol. The maximum atomic E-state index is 13.0. The van der Waals surface area contributed by atoms with Crippen LogP contribution < -0.4 is 10.6 Å². The summed E-state index contributed by atoms with van der Waals surface area (Å²) in [4.78, 5) is 27.1. The maximum Gasteiger partial charge on any atom is 0.317 e. The van der Waals surface area contributed by atoms with Crippen molar-refractivity contribution in [3.05, 3.63) is 29.3 Å². The van der Waals surface area contributed by atoms with Crippen molar-refractivity contribution in [2.45, 2.75) is 71.8 Å². The summed E-state index contributed by atoms with van der Waals surface area (Å²) in [5, 5.41) is 6.30. The lowest BCUT2D eigenvalue weighted by Gasteiger charge is -2.59. The van der Waals surface area contributed by atoms with Crippen molar-refractivity contribution in [2.24, 2.45) is 23.2 Å². The van der Waals surface area contributed by atoms with Crippen LogP contribution in [0.15, 0.2) is 18.2 Å². The van der Waals surface area contributed by atoms with E-state index < -0.39 is 0 Å². The van der Waals surface area contributed by atoms with Gasteiger partial charge in [-0.05, 0) is 93.1 Å². The van der Waals surface area contributed by atoms with Gasteiger partial charge in [-0.15, -0.1) is 0 Å². The number of hydrogen-bond acceptors (Lipinski definition) is 2. The lowest BCUT2D eigenvalue weighted by molar-refractivity contribution is -0.116. The van der Waals surface area contributed by atoms with Crippen molar-refractivity contribution < 1.29 is 9.59 Å². The number of carbonyl (C=O) groups is 2. The Balaban J connectivity index is 1.36. The molecule has 4 saturated carbocycles. The second-order valence-electron chi connectivity index (χ2n) is 10.4. The van der Waals surface area contributed by atoms with Crippen molar-refractivity contribution in [2.75, 3.05) is 18.9 Å². The molecule has 0 radical (unpaired) electrons. The monoisotopic (exact) mass is 411 g/mol. The van der Waals surface area contributed by atoms with Gasteiger partial charge in [-0.1, -0.05) is 25.1 Å². The fraction of sp³-hybridized carbons (Fsp3) is 0.680. The van der Waals surface area contributed by atoms with Gasteiger partial charge in [0, 0.05) is 18.8 Å². The predicted octanol–water partition coefficient (Wildman–Crippen LogP) is 4.88. The van der Waals surface area contributed by atoms with Gasteiger partial charge in [-0.25, -0.2) is 4.79 Å². The Morgan fingerprint density at radius 2 is 1.60 bits per heavy atom. The zero-order valence-corrected chi connectivity index (χ0v) is 19.0. The van der Waals surface area contributed by atoms with E-state index >= 15 is 0 Å². The number of para-hydroxylation sites is 1. The number of aryl methyl sites for hydroxylation is 2. The van der Waals surface area contributed by atoms with Crippen LogP contribution in [0.3, 0.4) is 0 Å². The highest BCUT2D eigenvalue weighted by Crippen LogP contribution is 2.61. The van der Waals surface area contributed by atoms with E-state index in [-0.39, 0.29) is 29.9 Å². The average molecular weight is 412 g/mol. The molecule has 4 bridgehead atoms. The molecule has 0 aromatic heterocycles. The zero-order valence-electron chi connectivity index (χ0n) is 19.0. The first kappa shape index (κ1) is 21.2. The van der Waals surface area contributed by atoms with Gasteiger partial charge < -0.3 is 15.5 Å². The highest BCUT2D eigenvalue weighted by Gasteiger charge is 2.54. The third kappa shape index (κ3) is 4.08. The maximum absolute atomic E-state index is 13.0. The summed E-state index contributed by atoms with van der Waals surface area (Å²) < 4.78 is 0. The molecule has 1 aromatic rings. The third-order valence-electron chi connectivity index (χ3n) is 8.00. The molecular formula is C25H37N3O2. The lowest BCUT2D eigenvalue weighted by Crippen LogP contribution is -2.58. The molecule has 5 nitrogen and oxygen atoms in total. The van der Waals surface area contributed by atoms with Crippen LogP contribution in [0.2, 0.25) is 0 Å². The van der Waals surface area contributed by atoms with Gasteiger partial charge in [0.1, 0.15) is 6.54 Å². The Morgan fingerprint density at radius 3 is 2.10 bits per heavy atom. The molecule has 0 heterocycles. The van der Waals surface area contributed by atoms with Gasteiger partial charge in [0.25, 0.3) is 0 Å². The summed E-state index contributed by atoms with van der Waals surface area (Å²) in [7, 11) is 1.71. The van der Waals surface area contributed by atoms with E-state index in [0.717, 1.165) is 41.0 Å². The average Bonchev–Trinajstić information content (AvgIpc) is 2.67. The fourth-order valence-corrected chi connectivity index (χ4v) is 7.03. The largest absolute Gasteiger partial charge is 0.335 e. The van der Waals surface area contributed by atoms with Crippen molar-refractivity contribution in [1.82, 2.24) is 10.2 Å². The molecule has 0 aliphatic heterocycles. The Kier molecular flexibility index (Phi) is 5.82. The Bertz CT molecular complexity index is 763. The molecule has 0 spiro atoms. The number of carbonyl (C=O) groups excluding carboxylic acids is 2. The van der Waals surface area contributed by atoms with Gasteiger partial charge in [-0.2, -0.15) is 0 Å². The van der Waals surface area contributed by atoms with Crippen LogP contribution in [-0.2, 0) is 4.79 Å². The molecule has 3 amide bonds. The van der Waals surface area contributed by atoms with Gasteiger partial charge in [0.15, 0.2) is 0 Å². The number of rotatable bonds is 6. The number of urea groups is 1. The van der Waals surface area contributed by atoms with Crippen LogP contribution >= 0.6 is 0 Å². The second-order valence-corrected chi connectivity index (χ2v) is 10.4. The summed E-state index contributed by atoms with van der Waals surface area (Å²) >= 11 is 0. The van der Waals surface area contributed by atoms with Crippen LogP contribution in [0.5, 0.6) is 0 Å².